The summed E-state index contributed by atoms with van der Waals surface area (Å²) in [6, 6.07) is 5.67. The molecular weight excluding hydrogens is 300 g/mol. The Bertz CT molecular complexity index is 659. The SMILES string of the molecule is Cc1ccc(S(=O)(=O)N2C[C@@H]3COC[C@H](C2)N(C)C3)c(C)c1. The molecular formula is C16H24N2O3S. The molecule has 0 N–H and O–H groups in total. The molecule has 2 aliphatic heterocycles. The van der Waals surface area contributed by atoms with Gasteiger partial charge in [0.1, 0.15) is 0 Å². The predicted molar refractivity (Wildman–Crippen MR) is 85.4 cm³/mol. The molecule has 22 heavy (non-hydrogen) atoms. The summed E-state index contributed by atoms with van der Waals surface area (Å²) in [7, 11) is -1.39. The fourth-order valence-corrected chi connectivity index (χ4v) is 5.19. The number of benzene rings is 1. The van der Waals surface area contributed by atoms with Gasteiger partial charge in [-0.3, -0.25) is 4.90 Å². The molecule has 0 aromatic heterocycles. The molecule has 2 aliphatic rings. The molecule has 0 saturated carbocycles. The topological polar surface area (TPSA) is 49.9 Å². The second kappa shape index (κ2) is 5.92. The van der Waals surface area contributed by atoms with Gasteiger partial charge in [0.25, 0.3) is 0 Å². The summed E-state index contributed by atoms with van der Waals surface area (Å²) in [6.45, 7) is 7.02. The lowest BCUT2D eigenvalue weighted by Crippen LogP contribution is -2.44. The van der Waals surface area contributed by atoms with Crippen molar-refractivity contribution in [1.29, 1.82) is 0 Å². The standard InChI is InChI=1S/C16H24N2O3S/c1-12-4-5-16(13(2)6-12)22(19,20)18-8-14-7-17(3)15(9-18)11-21-10-14/h4-6,14-15H,7-11H2,1-3H3/t14-,15+/m1/s1. The van der Waals surface area contributed by atoms with Crippen LogP contribution in [0.15, 0.2) is 23.1 Å². The van der Waals surface area contributed by atoms with Crippen molar-refractivity contribution in [3.63, 3.8) is 0 Å². The summed E-state index contributed by atoms with van der Waals surface area (Å²) in [4.78, 5) is 2.66. The van der Waals surface area contributed by atoms with E-state index in [-0.39, 0.29) is 12.0 Å². The Morgan fingerprint density at radius 1 is 1.14 bits per heavy atom. The quantitative estimate of drug-likeness (QED) is 0.822. The minimum absolute atomic E-state index is 0.132. The molecule has 0 radical (unpaired) electrons. The first kappa shape index (κ1) is 15.9. The van der Waals surface area contributed by atoms with Gasteiger partial charge in [0.2, 0.25) is 10.0 Å². The number of fused-ring (bicyclic) bond motifs is 3. The Labute approximate surface area is 132 Å². The van der Waals surface area contributed by atoms with Gasteiger partial charge in [0.15, 0.2) is 0 Å². The highest BCUT2D eigenvalue weighted by Gasteiger charge is 2.37. The van der Waals surface area contributed by atoms with Gasteiger partial charge in [-0.1, -0.05) is 17.7 Å². The van der Waals surface area contributed by atoms with Crippen LogP contribution in [-0.4, -0.2) is 63.6 Å². The molecule has 2 atom stereocenters. The van der Waals surface area contributed by atoms with Crippen LogP contribution in [0, 0.1) is 19.8 Å². The minimum Gasteiger partial charge on any atom is -0.379 e. The molecule has 0 unspecified atom stereocenters. The number of aryl methyl sites for hydroxylation is 2. The van der Waals surface area contributed by atoms with E-state index in [4.69, 9.17) is 4.74 Å². The highest BCUT2D eigenvalue weighted by atomic mass is 32.2. The first-order valence-corrected chi connectivity index (χ1v) is 9.17. The third kappa shape index (κ3) is 2.93. The van der Waals surface area contributed by atoms with Gasteiger partial charge in [-0.05, 0) is 32.5 Å². The second-order valence-electron chi connectivity index (χ2n) is 6.59. The van der Waals surface area contributed by atoms with Gasteiger partial charge < -0.3 is 4.74 Å². The van der Waals surface area contributed by atoms with Crippen molar-refractivity contribution in [3.8, 4) is 0 Å². The highest BCUT2D eigenvalue weighted by Crippen LogP contribution is 2.26. The van der Waals surface area contributed by atoms with Crippen LogP contribution >= 0.6 is 0 Å². The zero-order valence-electron chi connectivity index (χ0n) is 13.4. The fourth-order valence-electron chi connectivity index (χ4n) is 3.43. The maximum absolute atomic E-state index is 13.1. The Hall–Kier alpha value is -0.950. The monoisotopic (exact) mass is 324 g/mol. The van der Waals surface area contributed by atoms with Crippen molar-refractivity contribution in [2.75, 3.05) is 39.9 Å². The van der Waals surface area contributed by atoms with Gasteiger partial charge in [-0.15, -0.1) is 0 Å². The number of rotatable bonds is 2. The van der Waals surface area contributed by atoms with E-state index in [1.807, 2.05) is 26.0 Å². The fraction of sp³-hybridized carbons (Fsp3) is 0.625. The van der Waals surface area contributed by atoms with Crippen LogP contribution in [0.1, 0.15) is 11.1 Å². The average Bonchev–Trinajstić information content (AvgIpc) is 2.66. The van der Waals surface area contributed by atoms with Crippen LogP contribution in [0.4, 0.5) is 0 Å². The van der Waals surface area contributed by atoms with E-state index < -0.39 is 10.0 Å². The maximum Gasteiger partial charge on any atom is 0.243 e. The molecule has 0 aliphatic carbocycles. The number of hydrogen-bond acceptors (Lipinski definition) is 4. The van der Waals surface area contributed by atoms with Crippen molar-refractivity contribution in [1.82, 2.24) is 9.21 Å². The second-order valence-corrected chi connectivity index (χ2v) is 8.49. The number of likely N-dealkylation sites (N-methyl/N-ethyl adjacent to an activating group) is 1. The van der Waals surface area contributed by atoms with Crippen LogP contribution in [0.5, 0.6) is 0 Å². The van der Waals surface area contributed by atoms with E-state index >= 15 is 0 Å². The molecule has 1 aromatic rings. The summed E-state index contributed by atoms with van der Waals surface area (Å²) < 4.78 is 33.5. The summed E-state index contributed by atoms with van der Waals surface area (Å²) in [6.07, 6.45) is 0. The summed E-state index contributed by atoms with van der Waals surface area (Å²) in [5.74, 6) is 0.234. The minimum atomic E-state index is -3.45. The van der Waals surface area contributed by atoms with Crippen LogP contribution in [0.3, 0.4) is 0 Å². The zero-order chi connectivity index (χ0) is 15.9. The molecule has 2 saturated heterocycles. The first-order valence-electron chi connectivity index (χ1n) is 7.73. The maximum atomic E-state index is 13.1. The summed E-state index contributed by atoms with van der Waals surface area (Å²) >= 11 is 0. The lowest BCUT2D eigenvalue weighted by molar-refractivity contribution is 0.0727. The predicted octanol–water partition coefficient (Wildman–Crippen LogP) is 1.25. The summed E-state index contributed by atoms with van der Waals surface area (Å²) in [5.41, 5.74) is 1.90. The molecule has 3 rings (SSSR count). The van der Waals surface area contributed by atoms with E-state index in [2.05, 4.69) is 11.9 Å². The van der Waals surface area contributed by atoms with Crippen molar-refractivity contribution in [2.45, 2.75) is 24.8 Å². The number of ether oxygens (including phenoxy) is 1. The van der Waals surface area contributed by atoms with Gasteiger partial charge in [-0.2, -0.15) is 4.31 Å². The van der Waals surface area contributed by atoms with Crippen LogP contribution < -0.4 is 0 Å². The lowest BCUT2D eigenvalue weighted by Gasteiger charge is -2.29. The molecule has 2 fully saturated rings. The molecule has 1 aromatic carbocycles. The first-order chi connectivity index (χ1) is 10.4. The van der Waals surface area contributed by atoms with Gasteiger partial charge >= 0.3 is 0 Å². The normalized spacial score (nSPS) is 27.6. The molecule has 2 bridgehead atoms. The van der Waals surface area contributed by atoms with E-state index in [1.165, 1.54) is 0 Å². The Balaban J connectivity index is 1.95. The zero-order valence-corrected chi connectivity index (χ0v) is 14.3. The Morgan fingerprint density at radius 2 is 1.91 bits per heavy atom. The van der Waals surface area contributed by atoms with Crippen LogP contribution in [0.25, 0.3) is 0 Å². The van der Waals surface area contributed by atoms with Gasteiger partial charge in [-0.25, -0.2) is 8.42 Å². The van der Waals surface area contributed by atoms with Crippen LogP contribution in [-0.2, 0) is 14.8 Å². The smallest absolute Gasteiger partial charge is 0.243 e. The summed E-state index contributed by atoms with van der Waals surface area (Å²) in [5, 5.41) is 0. The molecule has 5 nitrogen and oxygen atoms in total. The van der Waals surface area contributed by atoms with Crippen molar-refractivity contribution in [3.05, 3.63) is 29.3 Å². The molecule has 0 amide bonds. The highest BCUT2D eigenvalue weighted by molar-refractivity contribution is 7.89. The van der Waals surface area contributed by atoms with E-state index in [0.29, 0.717) is 31.2 Å². The van der Waals surface area contributed by atoms with Gasteiger partial charge in [0, 0.05) is 31.6 Å². The Morgan fingerprint density at radius 3 is 2.64 bits per heavy atom. The molecule has 122 valence electrons. The van der Waals surface area contributed by atoms with E-state index in [1.54, 1.807) is 10.4 Å². The van der Waals surface area contributed by atoms with Crippen molar-refractivity contribution in [2.24, 2.45) is 5.92 Å². The van der Waals surface area contributed by atoms with Crippen molar-refractivity contribution >= 4 is 10.0 Å². The lowest BCUT2D eigenvalue weighted by atomic mass is 10.1. The molecule has 0 spiro atoms. The van der Waals surface area contributed by atoms with Crippen molar-refractivity contribution < 1.29 is 13.2 Å². The number of hydrogen-bond donors (Lipinski definition) is 0. The van der Waals surface area contributed by atoms with Gasteiger partial charge in [0.05, 0.1) is 18.1 Å². The van der Waals surface area contributed by atoms with E-state index in [9.17, 15) is 8.42 Å². The molecule has 6 heteroatoms. The molecule has 2 heterocycles. The van der Waals surface area contributed by atoms with Crippen LogP contribution in [0.2, 0.25) is 0 Å². The average molecular weight is 324 g/mol. The number of nitrogens with zero attached hydrogens (tertiary/aromatic N) is 2. The third-order valence-electron chi connectivity index (χ3n) is 4.66. The van der Waals surface area contributed by atoms with E-state index in [0.717, 1.165) is 17.7 Å². The third-order valence-corrected chi connectivity index (χ3v) is 6.65. The largest absolute Gasteiger partial charge is 0.379 e. The Kier molecular flexibility index (Phi) is 4.29. The number of sulfonamides is 1.